The normalized spacial score (nSPS) is 12.9. The van der Waals surface area contributed by atoms with Crippen LogP contribution in [-0.4, -0.2) is 26.1 Å². The lowest BCUT2D eigenvalue weighted by Crippen LogP contribution is -3.09. The third-order valence-corrected chi connectivity index (χ3v) is 4.08. The lowest BCUT2D eigenvalue weighted by atomic mass is 10.0. The van der Waals surface area contributed by atoms with Crippen molar-refractivity contribution in [3.05, 3.63) is 64.7 Å². The third-order valence-electron chi connectivity index (χ3n) is 3.85. The number of imide groups is 1. The molecule has 0 bridgehead atoms. The monoisotopic (exact) mass is 362 g/mol. The molecule has 7 heteroatoms. The van der Waals surface area contributed by atoms with Crippen LogP contribution in [0.5, 0.6) is 5.75 Å². The first kappa shape index (κ1) is 18.8. The fraction of sp³-hybridized carbons (Fsp3) is 0.222. The number of quaternary nitrogens is 1. The van der Waals surface area contributed by atoms with Gasteiger partial charge >= 0.3 is 6.03 Å². The number of hydrogen-bond acceptors (Lipinski definition) is 3. The maximum atomic E-state index is 12.5. The molecule has 0 heterocycles. The van der Waals surface area contributed by atoms with E-state index in [0.29, 0.717) is 17.3 Å². The van der Waals surface area contributed by atoms with E-state index in [1.807, 2.05) is 37.4 Å². The van der Waals surface area contributed by atoms with E-state index in [9.17, 15) is 9.59 Å². The first-order valence-corrected chi connectivity index (χ1v) is 8.10. The molecule has 0 aliphatic carbocycles. The molecule has 25 heavy (non-hydrogen) atoms. The Morgan fingerprint density at radius 1 is 1.24 bits per heavy atom. The highest BCUT2D eigenvalue weighted by atomic mass is 35.5. The highest BCUT2D eigenvalue weighted by Gasteiger charge is 2.30. The number of methoxy groups -OCH3 is 1. The zero-order valence-corrected chi connectivity index (χ0v) is 14.8. The van der Waals surface area contributed by atoms with Crippen molar-refractivity contribution in [2.24, 2.45) is 5.73 Å². The van der Waals surface area contributed by atoms with Crippen molar-refractivity contribution < 1.29 is 19.2 Å². The topological polar surface area (TPSA) is 85.9 Å². The Kier molecular flexibility index (Phi) is 6.38. The van der Waals surface area contributed by atoms with Crippen molar-refractivity contribution in [1.82, 2.24) is 5.32 Å². The summed E-state index contributed by atoms with van der Waals surface area (Å²) in [5.74, 6) is 0.225. The maximum absolute atomic E-state index is 12.5. The van der Waals surface area contributed by atoms with Crippen molar-refractivity contribution >= 4 is 23.5 Å². The number of primary amides is 1. The molecule has 4 N–H and O–H groups in total. The largest absolute Gasteiger partial charge is 0.496 e. The highest BCUT2D eigenvalue weighted by molar-refractivity contribution is 6.30. The van der Waals surface area contributed by atoms with Gasteiger partial charge in [0.25, 0.3) is 5.91 Å². The summed E-state index contributed by atoms with van der Waals surface area (Å²) in [5, 5.41) is 2.75. The van der Waals surface area contributed by atoms with Gasteiger partial charge in [0.15, 0.2) is 6.04 Å². The van der Waals surface area contributed by atoms with Gasteiger partial charge in [0, 0.05) is 16.1 Å². The summed E-state index contributed by atoms with van der Waals surface area (Å²) in [4.78, 5) is 24.5. The SMILES string of the molecule is COc1ccc(Cl)cc1C[NH+](C)[C@@H](C(=O)NC(N)=O)c1ccccc1. The molecule has 6 nitrogen and oxygen atoms in total. The summed E-state index contributed by atoms with van der Waals surface area (Å²) >= 11 is 6.08. The Bertz CT molecular complexity index is 752. The molecular formula is C18H21ClN3O3+. The van der Waals surface area contributed by atoms with Crippen LogP contribution in [0, 0.1) is 0 Å². The van der Waals surface area contributed by atoms with Gasteiger partial charge in [-0.2, -0.15) is 0 Å². The van der Waals surface area contributed by atoms with Crippen LogP contribution in [0.4, 0.5) is 4.79 Å². The molecule has 2 aromatic rings. The van der Waals surface area contributed by atoms with Crippen molar-refractivity contribution in [3.8, 4) is 5.75 Å². The Morgan fingerprint density at radius 3 is 2.52 bits per heavy atom. The molecule has 132 valence electrons. The zero-order valence-electron chi connectivity index (χ0n) is 14.1. The minimum Gasteiger partial charge on any atom is -0.496 e. The Balaban J connectivity index is 2.32. The number of halogens is 1. The molecule has 0 spiro atoms. The number of urea groups is 1. The molecule has 2 rings (SSSR count). The fourth-order valence-corrected chi connectivity index (χ4v) is 2.98. The van der Waals surface area contributed by atoms with Gasteiger partial charge in [-0.05, 0) is 18.2 Å². The summed E-state index contributed by atoms with van der Waals surface area (Å²) in [7, 11) is 3.44. The molecular weight excluding hydrogens is 342 g/mol. The molecule has 0 aliphatic heterocycles. The van der Waals surface area contributed by atoms with Gasteiger partial charge in [0.1, 0.15) is 12.3 Å². The van der Waals surface area contributed by atoms with Crippen molar-refractivity contribution in [2.75, 3.05) is 14.2 Å². The van der Waals surface area contributed by atoms with Gasteiger partial charge in [-0.1, -0.05) is 41.9 Å². The molecule has 0 radical (unpaired) electrons. The summed E-state index contributed by atoms with van der Waals surface area (Å²) in [5.41, 5.74) is 6.75. The lowest BCUT2D eigenvalue weighted by molar-refractivity contribution is -0.916. The zero-order chi connectivity index (χ0) is 18.4. The van der Waals surface area contributed by atoms with Crippen molar-refractivity contribution in [1.29, 1.82) is 0 Å². The van der Waals surface area contributed by atoms with E-state index >= 15 is 0 Å². The average molecular weight is 363 g/mol. The van der Waals surface area contributed by atoms with E-state index in [2.05, 4.69) is 5.32 Å². The van der Waals surface area contributed by atoms with Gasteiger partial charge in [0.2, 0.25) is 0 Å². The summed E-state index contributed by atoms with van der Waals surface area (Å²) in [6.07, 6.45) is 0. The molecule has 1 unspecified atom stereocenters. The quantitative estimate of drug-likeness (QED) is 0.724. The van der Waals surface area contributed by atoms with Crippen LogP contribution in [0.3, 0.4) is 0 Å². The Morgan fingerprint density at radius 2 is 1.92 bits per heavy atom. The van der Waals surface area contributed by atoms with Crippen molar-refractivity contribution in [2.45, 2.75) is 12.6 Å². The first-order chi connectivity index (χ1) is 11.9. The minimum atomic E-state index is -0.876. The van der Waals surface area contributed by atoms with E-state index < -0.39 is 18.0 Å². The molecule has 2 aromatic carbocycles. The third kappa shape index (κ3) is 4.95. The van der Waals surface area contributed by atoms with Crippen LogP contribution in [0.1, 0.15) is 17.2 Å². The number of hydrogen-bond donors (Lipinski definition) is 3. The molecule has 0 fully saturated rings. The van der Waals surface area contributed by atoms with Gasteiger partial charge < -0.3 is 15.4 Å². The number of nitrogens with one attached hydrogen (secondary N) is 2. The van der Waals surface area contributed by atoms with Gasteiger partial charge in [-0.25, -0.2) is 4.79 Å². The van der Waals surface area contributed by atoms with Crippen LogP contribution in [0.2, 0.25) is 5.02 Å². The summed E-state index contributed by atoms with van der Waals surface area (Å²) in [6, 6.07) is 13.1. The van der Waals surface area contributed by atoms with Crippen LogP contribution < -0.4 is 20.7 Å². The Hall–Kier alpha value is -2.57. The summed E-state index contributed by atoms with van der Waals surface area (Å²) in [6.45, 7) is 0.468. The Labute approximate surface area is 151 Å². The van der Waals surface area contributed by atoms with Crippen LogP contribution >= 0.6 is 11.6 Å². The molecule has 0 aliphatic rings. The minimum absolute atomic E-state index is 0.461. The van der Waals surface area contributed by atoms with Gasteiger partial charge in [-0.15, -0.1) is 0 Å². The molecule has 3 amide bonds. The van der Waals surface area contributed by atoms with Crippen LogP contribution in [-0.2, 0) is 11.3 Å². The second-order valence-electron chi connectivity index (χ2n) is 5.68. The van der Waals surface area contributed by atoms with Crippen molar-refractivity contribution in [3.63, 3.8) is 0 Å². The number of amides is 3. The number of carbonyl (C=O) groups excluding carboxylic acids is 2. The highest BCUT2D eigenvalue weighted by Crippen LogP contribution is 2.22. The average Bonchev–Trinajstić information content (AvgIpc) is 2.55. The van der Waals surface area contributed by atoms with Gasteiger partial charge in [-0.3, -0.25) is 10.1 Å². The van der Waals surface area contributed by atoms with E-state index in [-0.39, 0.29) is 0 Å². The summed E-state index contributed by atoms with van der Waals surface area (Å²) < 4.78 is 5.37. The fourth-order valence-electron chi connectivity index (χ4n) is 2.79. The number of nitrogens with two attached hydrogens (primary N) is 1. The number of benzene rings is 2. The predicted octanol–water partition coefficient (Wildman–Crippen LogP) is 1.30. The first-order valence-electron chi connectivity index (χ1n) is 7.72. The van der Waals surface area contributed by atoms with Gasteiger partial charge in [0.05, 0.1) is 14.2 Å². The number of rotatable bonds is 6. The number of carbonyl (C=O) groups is 2. The number of likely N-dealkylation sites (N-methyl/N-ethyl adjacent to an activating group) is 1. The van der Waals surface area contributed by atoms with E-state index in [1.54, 1.807) is 25.3 Å². The van der Waals surface area contributed by atoms with E-state index in [1.165, 1.54) is 0 Å². The lowest BCUT2D eigenvalue weighted by Gasteiger charge is -2.25. The second-order valence-corrected chi connectivity index (χ2v) is 6.11. The standard InChI is InChI=1S/C18H20ClN3O3/c1-22(11-13-10-14(19)8-9-15(13)25-2)16(17(23)21-18(20)24)12-6-4-3-5-7-12/h3-10,16H,11H2,1-2H3,(H3,20,21,23,24)/p+1/t16-/m1/s1. The van der Waals surface area contributed by atoms with Crippen LogP contribution in [0.15, 0.2) is 48.5 Å². The van der Waals surface area contributed by atoms with Crippen LogP contribution in [0.25, 0.3) is 0 Å². The number of ether oxygens (including phenoxy) is 1. The van der Waals surface area contributed by atoms with E-state index in [0.717, 1.165) is 16.0 Å². The molecule has 0 aromatic heterocycles. The molecule has 0 saturated heterocycles. The predicted molar refractivity (Wildman–Crippen MR) is 95.5 cm³/mol. The molecule has 0 saturated carbocycles. The van der Waals surface area contributed by atoms with E-state index in [4.69, 9.17) is 22.1 Å². The second kappa shape index (κ2) is 8.50. The maximum Gasteiger partial charge on any atom is 0.319 e. The molecule has 2 atom stereocenters. The smallest absolute Gasteiger partial charge is 0.319 e.